The molecule has 0 saturated heterocycles. The standard InChI is InChI=1S/C17H10ClF4N3O2/c18-13-4-2-10(6-12(13)17(20,21)22)24-15(26)7-25-8-23-14-5-9(19)1-3-11(14)16(25)27/h1-6,8H,7H2,(H,24,26). The maximum atomic E-state index is 13.2. The molecule has 10 heteroatoms. The fraction of sp³-hybridized carbons (Fsp3) is 0.118. The third-order valence-corrected chi connectivity index (χ3v) is 3.99. The first-order valence-corrected chi connectivity index (χ1v) is 7.84. The van der Waals surface area contributed by atoms with Gasteiger partial charge in [0.2, 0.25) is 5.91 Å². The highest BCUT2D eigenvalue weighted by atomic mass is 35.5. The fourth-order valence-corrected chi connectivity index (χ4v) is 2.64. The lowest BCUT2D eigenvalue weighted by Gasteiger charge is -2.12. The number of rotatable bonds is 3. The second-order valence-corrected chi connectivity index (χ2v) is 5.99. The van der Waals surface area contributed by atoms with Gasteiger partial charge in [-0.25, -0.2) is 9.37 Å². The van der Waals surface area contributed by atoms with Crippen molar-refractivity contribution in [2.75, 3.05) is 5.32 Å². The van der Waals surface area contributed by atoms with Gasteiger partial charge in [-0.3, -0.25) is 14.2 Å². The minimum Gasteiger partial charge on any atom is -0.325 e. The molecule has 0 aliphatic heterocycles. The SMILES string of the molecule is O=C(Cn1cnc2cc(F)ccc2c1=O)Nc1ccc(Cl)c(C(F)(F)F)c1. The molecule has 0 unspecified atom stereocenters. The van der Waals surface area contributed by atoms with Crippen molar-refractivity contribution in [3.05, 3.63) is 69.5 Å². The van der Waals surface area contributed by atoms with Gasteiger partial charge < -0.3 is 5.32 Å². The molecule has 0 radical (unpaired) electrons. The summed E-state index contributed by atoms with van der Waals surface area (Å²) in [5, 5.41) is 1.88. The van der Waals surface area contributed by atoms with E-state index in [2.05, 4.69) is 10.3 Å². The van der Waals surface area contributed by atoms with Gasteiger partial charge in [0.05, 0.1) is 27.8 Å². The normalized spacial score (nSPS) is 11.6. The zero-order valence-corrected chi connectivity index (χ0v) is 14.1. The van der Waals surface area contributed by atoms with E-state index in [1.807, 2.05) is 0 Å². The number of hydrogen-bond donors (Lipinski definition) is 1. The molecule has 2 aromatic carbocycles. The van der Waals surface area contributed by atoms with Gasteiger partial charge in [-0.2, -0.15) is 13.2 Å². The third kappa shape index (κ3) is 4.08. The number of halogens is 5. The molecule has 0 bridgehead atoms. The molecular weight excluding hydrogens is 390 g/mol. The lowest BCUT2D eigenvalue weighted by atomic mass is 10.2. The van der Waals surface area contributed by atoms with E-state index < -0.39 is 40.6 Å². The largest absolute Gasteiger partial charge is 0.417 e. The molecule has 0 atom stereocenters. The average molecular weight is 400 g/mol. The van der Waals surface area contributed by atoms with Gasteiger partial charge in [0.25, 0.3) is 5.56 Å². The summed E-state index contributed by atoms with van der Waals surface area (Å²) in [6.45, 7) is -0.483. The van der Waals surface area contributed by atoms with Crippen LogP contribution in [0.25, 0.3) is 10.9 Å². The number of aromatic nitrogens is 2. The van der Waals surface area contributed by atoms with Crippen molar-refractivity contribution in [2.45, 2.75) is 12.7 Å². The van der Waals surface area contributed by atoms with E-state index >= 15 is 0 Å². The molecule has 0 fully saturated rings. The molecule has 1 heterocycles. The van der Waals surface area contributed by atoms with E-state index in [0.717, 1.165) is 29.1 Å². The van der Waals surface area contributed by atoms with Gasteiger partial charge in [-0.15, -0.1) is 0 Å². The van der Waals surface area contributed by atoms with Crippen LogP contribution in [0.2, 0.25) is 5.02 Å². The number of amides is 1. The minimum absolute atomic E-state index is 0.109. The fourth-order valence-electron chi connectivity index (χ4n) is 2.42. The zero-order valence-electron chi connectivity index (χ0n) is 13.3. The van der Waals surface area contributed by atoms with Crippen LogP contribution in [0.4, 0.5) is 23.2 Å². The lowest BCUT2D eigenvalue weighted by molar-refractivity contribution is -0.137. The van der Waals surface area contributed by atoms with Gasteiger partial charge in [-0.1, -0.05) is 11.6 Å². The Morgan fingerprint density at radius 1 is 1.19 bits per heavy atom. The molecular formula is C17H10ClF4N3O2. The highest BCUT2D eigenvalue weighted by Gasteiger charge is 2.33. The Morgan fingerprint density at radius 2 is 1.93 bits per heavy atom. The van der Waals surface area contributed by atoms with E-state index in [1.54, 1.807) is 0 Å². The molecule has 5 nitrogen and oxygen atoms in total. The van der Waals surface area contributed by atoms with Crippen molar-refractivity contribution >= 4 is 34.1 Å². The number of alkyl halides is 3. The summed E-state index contributed by atoms with van der Waals surface area (Å²) in [7, 11) is 0. The Balaban J connectivity index is 1.83. The van der Waals surface area contributed by atoms with Crippen molar-refractivity contribution in [1.82, 2.24) is 9.55 Å². The maximum absolute atomic E-state index is 13.2. The summed E-state index contributed by atoms with van der Waals surface area (Å²) >= 11 is 5.52. The first kappa shape index (κ1) is 18.8. The van der Waals surface area contributed by atoms with Gasteiger partial charge in [0.1, 0.15) is 12.4 Å². The van der Waals surface area contributed by atoms with E-state index in [4.69, 9.17) is 11.6 Å². The topological polar surface area (TPSA) is 64.0 Å². The van der Waals surface area contributed by atoms with Crippen LogP contribution in [0, 0.1) is 5.82 Å². The minimum atomic E-state index is -4.67. The molecule has 1 amide bonds. The number of carbonyl (C=O) groups is 1. The molecule has 0 aliphatic carbocycles. The summed E-state index contributed by atoms with van der Waals surface area (Å²) in [5.74, 6) is -1.30. The van der Waals surface area contributed by atoms with Crippen molar-refractivity contribution in [3.8, 4) is 0 Å². The Hall–Kier alpha value is -2.94. The van der Waals surface area contributed by atoms with Gasteiger partial charge >= 0.3 is 6.18 Å². The number of fused-ring (bicyclic) bond motifs is 1. The van der Waals surface area contributed by atoms with E-state index in [-0.39, 0.29) is 16.6 Å². The number of hydrogen-bond acceptors (Lipinski definition) is 3. The Labute approximate surface area is 154 Å². The van der Waals surface area contributed by atoms with Gasteiger partial charge in [-0.05, 0) is 30.3 Å². The smallest absolute Gasteiger partial charge is 0.325 e. The quantitative estimate of drug-likeness (QED) is 0.680. The third-order valence-electron chi connectivity index (χ3n) is 3.66. The first-order valence-electron chi connectivity index (χ1n) is 7.46. The predicted molar refractivity (Wildman–Crippen MR) is 91.0 cm³/mol. The van der Waals surface area contributed by atoms with E-state index in [1.165, 1.54) is 12.1 Å². The van der Waals surface area contributed by atoms with Crippen LogP contribution >= 0.6 is 11.6 Å². The number of nitrogens with one attached hydrogen (secondary N) is 1. The highest BCUT2D eigenvalue weighted by molar-refractivity contribution is 6.31. The van der Waals surface area contributed by atoms with Crippen molar-refractivity contribution in [1.29, 1.82) is 0 Å². The van der Waals surface area contributed by atoms with Crippen LogP contribution in [-0.4, -0.2) is 15.5 Å². The van der Waals surface area contributed by atoms with Gasteiger partial charge in [0, 0.05) is 11.8 Å². The summed E-state index contributed by atoms with van der Waals surface area (Å²) in [4.78, 5) is 28.3. The number of carbonyl (C=O) groups excluding carboxylic acids is 1. The van der Waals surface area contributed by atoms with E-state index in [0.29, 0.717) is 6.07 Å². The summed E-state index contributed by atoms with van der Waals surface area (Å²) in [6, 6.07) is 6.32. The summed E-state index contributed by atoms with van der Waals surface area (Å²) in [5.41, 5.74) is -1.67. The van der Waals surface area contributed by atoms with Crippen LogP contribution in [0.5, 0.6) is 0 Å². The summed E-state index contributed by atoms with van der Waals surface area (Å²) in [6.07, 6.45) is -3.61. The number of anilines is 1. The van der Waals surface area contributed by atoms with E-state index in [9.17, 15) is 27.2 Å². The molecule has 1 N–H and O–H groups in total. The average Bonchev–Trinajstić information content (AvgIpc) is 2.58. The lowest BCUT2D eigenvalue weighted by Crippen LogP contribution is -2.28. The monoisotopic (exact) mass is 399 g/mol. The Bertz CT molecular complexity index is 1100. The van der Waals surface area contributed by atoms with Crippen molar-refractivity contribution < 1.29 is 22.4 Å². The molecule has 0 spiro atoms. The first-order chi connectivity index (χ1) is 12.6. The number of benzene rings is 2. The zero-order chi connectivity index (χ0) is 19.8. The highest BCUT2D eigenvalue weighted by Crippen LogP contribution is 2.36. The predicted octanol–water partition coefficient (Wildman–Crippen LogP) is 3.85. The molecule has 0 saturated carbocycles. The number of nitrogens with zero attached hydrogens (tertiary/aromatic N) is 2. The Morgan fingerprint density at radius 3 is 2.63 bits per heavy atom. The van der Waals surface area contributed by atoms with Crippen LogP contribution in [-0.2, 0) is 17.5 Å². The van der Waals surface area contributed by atoms with Crippen LogP contribution in [0.3, 0.4) is 0 Å². The van der Waals surface area contributed by atoms with Crippen molar-refractivity contribution in [3.63, 3.8) is 0 Å². The second-order valence-electron chi connectivity index (χ2n) is 5.58. The molecule has 27 heavy (non-hydrogen) atoms. The summed E-state index contributed by atoms with van der Waals surface area (Å²) < 4.78 is 52.7. The van der Waals surface area contributed by atoms with Crippen LogP contribution in [0.1, 0.15) is 5.56 Å². The Kier molecular flexibility index (Phi) is 4.88. The second kappa shape index (κ2) is 6.99. The molecule has 1 aromatic heterocycles. The molecule has 140 valence electrons. The van der Waals surface area contributed by atoms with Crippen LogP contribution in [0.15, 0.2) is 47.5 Å². The molecule has 3 rings (SSSR count). The molecule has 0 aliphatic rings. The molecule has 3 aromatic rings. The maximum Gasteiger partial charge on any atom is 0.417 e. The van der Waals surface area contributed by atoms with Crippen molar-refractivity contribution in [2.24, 2.45) is 0 Å². The van der Waals surface area contributed by atoms with Gasteiger partial charge in [0.15, 0.2) is 0 Å². The van der Waals surface area contributed by atoms with Crippen LogP contribution < -0.4 is 10.9 Å².